The summed E-state index contributed by atoms with van der Waals surface area (Å²) < 4.78 is 5.22. The number of carbonyl (C=O) groups is 1. The molecule has 0 amide bonds. The predicted molar refractivity (Wildman–Crippen MR) is 54.9 cm³/mol. The first-order valence-corrected chi connectivity index (χ1v) is 5.10. The first-order chi connectivity index (χ1) is 6.81. The van der Waals surface area contributed by atoms with E-state index in [0.29, 0.717) is 0 Å². The van der Waals surface area contributed by atoms with Crippen molar-refractivity contribution in [3.8, 4) is 5.75 Å². The van der Waals surface area contributed by atoms with E-state index in [4.69, 9.17) is 4.74 Å². The third kappa shape index (κ3) is 1.65. The Bertz CT molecular complexity index is 355. The van der Waals surface area contributed by atoms with E-state index in [1.165, 1.54) is 18.4 Å². The number of Topliss-reactive ketones (excluding diaryl/α,β-unsaturated/α-hetero) is 1. The summed E-state index contributed by atoms with van der Waals surface area (Å²) in [6.07, 6.45) is 3.41. The van der Waals surface area contributed by atoms with E-state index in [1.807, 2.05) is 18.2 Å². The van der Waals surface area contributed by atoms with Gasteiger partial charge in [0.25, 0.3) is 0 Å². The van der Waals surface area contributed by atoms with Gasteiger partial charge in [0, 0.05) is 0 Å². The molecule has 2 rings (SSSR count). The number of ether oxygens (including phenoxy) is 1. The molecule has 0 saturated heterocycles. The fourth-order valence-electron chi connectivity index (χ4n) is 1.68. The topological polar surface area (TPSA) is 26.3 Å². The van der Waals surface area contributed by atoms with Crippen molar-refractivity contribution in [2.24, 2.45) is 0 Å². The Hall–Kier alpha value is -1.31. The number of hydrogen-bond donors (Lipinski definition) is 0. The first-order valence-electron chi connectivity index (χ1n) is 5.10. The fraction of sp³-hybridized carbons (Fsp3) is 0.417. The third-order valence-electron chi connectivity index (χ3n) is 2.52. The molecule has 0 radical (unpaired) electrons. The number of benzene rings is 1. The van der Waals surface area contributed by atoms with E-state index in [-0.39, 0.29) is 12.4 Å². The van der Waals surface area contributed by atoms with Crippen LogP contribution in [0.1, 0.15) is 35.7 Å². The van der Waals surface area contributed by atoms with Gasteiger partial charge in [-0.2, -0.15) is 0 Å². The molecular weight excluding hydrogens is 176 g/mol. The van der Waals surface area contributed by atoms with E-state index in [2.05, 4.69) is 6.92 Å². The standard InChI is InChI=1S/C12H14O2/c1-2-3-4-9-5-6-12-10(7-9)11(13)8-14-12/h5-7H,2-4,8H2,1H3. The lowest BCUT2D eigenvalue weighted by Crippen LogP contribution is -1.99. The minimum absolute atomic E-state index is 0.110. The quantitative estimate of drug-likeness (QED) is 0.732. The number of rotatable bonds is 3. The molecule has 0 unspecified atom stereocenters. The van der Waals surface area contributed by atoms with Gasteiger partial charge in [0.05, 0.1) is 5.56 Å². The van der Waals surface area contributed by atoms with Crippen molar-refractivity contribution in [1.82, 2.24) is 0 Å². The van der Waals surface area contributed by atoms with Crippen LogP contribution in [0.3, 0.4) is 0 Å². The molecule has 14 heavy (non-hydrogen) atoms. The van der Waals surface area contributed by atoms with E-state index in [0.717, 1.165) is 17.7 Å². The van der Waals surface area contributed by atoms with Gasteiger partial charge >= 0.3 is 0 Å². The maximum atomic E-state index is 11.4. The van der Waals surface area contributed by atoms with Crippen molar-refractivity contribution < 1.29 is 9.53 Å². The van der Waals surface area contributed by atoms with Crippen LogP contribution in [0.5, 0.6) is 5.75 Å². The van der Waals surface area contributed by atoms with Crippen LogP contribution in [0, 0.1) is 0 Å². The molecule has 1 aromatic carbocycles. The minimum Gasteiger partial charge on any atom is -0.485 e. The Morgan fingerprint density at radius 3 is 3.07 bits per heavy atom. The van der Waals surface area contributed by atoms with Crippen LogP contribution in [0.15, 0.2) is 18.2 Å². The largest absolute Gasteiger partial charge is 0.485 e. The molecule has 2 nitrogen and oxygen atoms in total. The average Bonchev–Trinajstić information content (AvgIpc) is 2.57. The van der Waals surface area contributed by atoms with Gasteiger partial charge in [-0.15, -0.1) is 0 Å². The second kappa shape index (κ2) is 3.82. The van der Waals surface area contributed by atoms with E-state index in [1.54, 1.807) is 0 Å². The summed E-state index contributed by atoms with van der Waals surface area (Å²) in [6, 6.07) is 5.93. The Balaban J connectivity index is 2.21. The number of fused-ring (bicyclic) bond motifs is 1. The van der Waals surface area contributed by atoms with Crippen LogP contribution in [-0.4, -0.2) is 12.4 Å². The van der Waals surface area contributed by atoms with Crippen molar-refractivity contribution in [2.45, 2.75) is 26.2 Å². The molecule has 1 heterocycles. The van der Waals surface area contributed by atoms with Crippen LogP contribution in [0.4, 0.5) is 0 Å². The lowest BCUT2D eigenvalue weighted by molar-refractivity contribution is 0.0961. The molecule has 0 fully saturated rings. The molecule has 1 aliphatic rings. The zero-order valence-corrected chi connectivity index (χ0v) is 8.38. The molecular formula is C12H14O2. The number of ketones is 1. The molecule has 0 bridgehead atoms. The highest BCUT2D eigenvalue weighted by atomic mass is 16.5. The number of hydrogen-bond acceptors (Lipinski definition) is 2. The molecule has 1 aromatic rings. The predicted octanol–water partition coefficient (Wildman–Crippen LogP) is 2.60. The Labute approximate surface area is 83.9 Å². The zero-order chi connectivity index (χ0) is 9.97. The van der Waals surface area contributed by atoms with Crippen LogP contribution >= 0.6 is 0 Å². The molecule has 0 aliphatic carbocycles. The van der Waals surface area contributed by atoms with Crippen molar-refractivity contribution in [2.75, 3.05) is 6.61 Å². The van der Waals surface area contributed by atoms with Gasteiger partial charge in [-0.05, 0) is 30.5 Å². The normalized spacial score (nSPS) is 13.9. The molecule has 0 atom stereocenters. The third-order valence-corrected chi connectivity index (χ3v) is 2.52. The van der Waals surface area contributed by atoms with E-state index < -0.39 is 0 Å². The Kier molecular flexibility index (Phi) is 2.53. The van der Waals surface area contributed by atoms with Gasteiger partial charge < -0.3 is 4.74 Å². The first kappa shape index (κ1) is 9.25. The highest BCUT2D eigenvalue weighted by Gasteiger charge is 2.20. The summed E-state index contributed by atoms with van der Waals surface area (Å²) in [4.78, 5) is 11.4. The summed E-state index contributed by atoms with van der Waals surface area (Å²) in [6.45, 7) is 2.38. The number of unbranched alkanes of at least 4 members (excludes halogenated alkanes) is 1. The maximum absolute atomic E-state index is 11.4. The monoisotopic (exact) mass is 190 g/mol. The summed E-state index contributed by atoms with van der Waals surface area (Å²) >= 11 is 0. The highest BCUT2D eigenvalue weighted by Crippen LogP contribution is 2.26. The molecule has 0 aromatic heterocycles. The number of aryl methyl sites for hydroxylation is 1. The molecule has 0 spiro atoms. The second-order valence-electron chi connectivity index (χ2n) is 3.65. The summed E-state index contributed by atoms with van der Waals surface area (Å²) in [5.74, 6) is 0.855. The maximum Gasteiger partial charge on any atom is 0.203 e. The van der Waals surface area contributed by atoms with Crippen LogP contribution in [0.25, 0.3) is 0 Å². The summed E-state index contributed by atoms with van der Waals surface area (Å²) in [5, 5.41) is 0. The van der Waals surface area contributed by atoms with Crippen molar-refractivity contribution in [3.63, 3.8) is 0 Å². The van der Waals surface area contributed by atoms with Gasteiger partial charge in [0.1, 0.15) is 5.75 Å². The average molecular weight is 190 g/mol. The van der Waals surface area contributed by atoms with E-state index in [9.17, 15) is 4.79 Å². The molecule has 0 N–H and O–H groups in total. The van der Waals surface area contributed by atoms with Crippen LogP contribution in [0.2, 0.25) is 0 Å². The SMILES string of the molecule is CCCCc1ccc2c(c1)C(=O)CO2. The molecule has 1 aliphatic heterocycles. The fourth-order valence-corrected chi connectivity index (χ4v) is 1.68. The van der Waals surface area contributed by atoms with E-state index >= 15 is 0 Å². The smallest absolute Gasteiger partial charge is 0.203 e. The minimum atomic E-state index is 0.110. The number of carbonyl (C=O) groups excluding carboxylic acids is 1. The molecule has 2 heteroatoms. The van der Waals surface area contributed by atoms with Gasteiger partial charge in [-0.1, -0.05) is 19.4 Å². The van der Waals surface area contributed by atoms with Gasteiger partial charge in [-0.25, -0.2) is 0 Å². The van der Waals surface area contributed by atoms with Crippen LogP contribution < -0.4 is 4.74 Å². The van der Waals surface area contributed by atoms with Gasteiger partial charge in [0.15, 0.2) is 6.61 Å². The van der Waals surface area contributed by atoms with Crippen molar-refractivity contribution in [1.29, 1.82) is 0 Å². The lowest BCUT2D eigenvalue weighted by atomic mass is 10.0. The zero-order valence-electron chi connectivity index (χ0n) is 8.38. The lowest BCUT2D eigenvalue weighted by Gasteiger charge is -2.01. The van der Waals surface area contributed by atoms with Gasteiger partial charge in [0.2, 0.25) is 5.78 Å². The highest BCUT2D eigenvalue weighted by molar-refractivity contribution is 6.02. The van der Waals surface area contributed by atoms with Crippen molar-refractivity contribution >= 4 is 5.78 Å². The Morgan fingerprint density at radius 2 is 2.29 bits per heavy atom. The summed E-state index contributed by atoms with van der Waals surface area (Å²) in [7, 11) is 0. The Morgan fingerprint density at radius 1 is 1.43 bits per heavy atom. The summed E-state index contributed by atoms with van der Waals surface area (Å²) in [5.41, 5.74) is 2.00. The van der Waals surface area contributed by atoms with Crippen LogP contribution in [-0.2, 0) is 6.42 Å². The van der Waals surface area contributed by atoms with Gasteiger partial charge in [-0.3, -0.25) is 4.79 Å². The molecule has 0 saturated carbocycles. The molecule has 74 valence electrons. The second-order valence-corrected chi connectivity index (χ2v) is 3.65. The van der Waals surface area contributed by atoms with Crippen molar-refractivity contribution in [3.05, 3.63) is 29.3 Å².